The van der Waals surface area contributed by atoms with E-state index in [0.717, 1.165) is 40.6 Å². The van der Waals surface area contributed by atoms with E-state index in [4.69, 9.17) is 0 Å². The second-order valence-electron chi connectivity index (χ2n) is 6.16. The van der Waals surface area contributed by atoms with Crippen molar-refractivity contribution < 1.29 is 4.79 Å². The van der Waals surface area contributed by atoms with Crippen LogP contribution in [0.25, 0.3) is 10.2 Å². The van der Waals surface area contributed by atoms with Crippen molar-refractivity contribution >= 4 is 33.4 Å². The van der Waals surface area contributed by atoms with E-state index in [2.05, 4.69) is 25.2 Å². The lowest BCUT2D eigenvalue weighted by molar-refractivity contribution is 0.0950. The lowest BCUT2D eigenvalue weighted by atomic mass is 10.3. The van der Waals surface area contributed by atoms with Gasteiger partial charge in [-0.1, -0.05) is 12.1 Å². The molecule has 2 aromatic heterocycles. The predicted molar refractivity (Wildman–Crippen MR) is 99.0 cm³/mol. The molecule has 0 unspecified atom stereocenters. The molecule has 128 valence electrons. The van der Waals surface area contributed by atoms with Gasteiger partial charge in [0.15, 0.2) is 5.01 Å². The van der Waals surface area contributed by atoms with Crippen molar-refractivity contribution in [2.45, 2.75) is 26.3 Å². The number of thiazole rings is 1. The Balaban J connectivity index is 1.47. The van der Waals surface area contributed by atoms with Crippen LogP contribution in [0.4, 0.5) is 5.95 Å². The first-order valence-electron chi connectivity index (χ1n) is 8.42. The fraction of sp³-hybridized carbons (Fsp3) is 0.333. The molecule has 1 fully saturated rings. The topological polar surface area (TPSA) is 71.0 Å². The molecule has 1 amide bonds. The van der Waals surface area contributed by atoms with Gasteiger partial charge in [-0.3, -0.25) is 4.79 Å². The van der Waals surface area contributed by atoms with E-state index in [-0.39, 0.29) is 5.91 Å². The van der Waals surface area contributed by atoms with Gasteiger partial charge in [0, 0.05) is 18.8 Å². The number of carbonyl (C=O) groups is 1. The number of nitrogens with zero attached hydrogens (tertiary/aromatic N) is 4. The summed E-state index contributed by atoms with van der Waals surface area (Å²) in [6.45, 7) is 4.33. The van der Waals surface area contributed by atoms with Crippen LogP contribution in [0.15, 0.2) is 30.3 Å². The zero-order valence-corrected chi connectivity index (χ0v) is 14.8. The molecule has 3 aromatic rings. The van der Waals surface area contributed by atoms with Gasteiger partial charge in [-0.25, -0.2) is 15.0 Å². The Kier molecular flexibility index (Phi) is 4.31. The van der Waals surface area contributed by atoms with Crippen molar-refractivity contribution in [1.82, 2.24) is 20.3 Å². The highest BCUT2D eigenvalue weighted by Gasteiger charge is 2.17. The molecule has 0 spiro atoms. The number of hydrogen-bond acceptors (Lipinski definition) is 6. The molecule has 1 N–H and O–H groups in total. The maximum absolute atomic E-state index is 12.4. The second-order valence-corrected chi connectivity index (χ2v) is 7.19. The summed E-state index contributed by atoms with van der Waals surface area (Å²) in [4.78, 5) is 28.1. The summed E-state index contributed by atoms with van der Waals surface area (Å²) in [6, 6.07) is 9.68. The van der Waals surface area contributed by atoms with E-state index in [9.17, 15) is 4.79 Å². The van der Waals surface area contributed by atoms with Crippen molar-refractivity contribution in [1.29, 1.82) is 0 Å². The largest absolute Gasteiger partial charge is 0.344 e. The summed E-state index contributed by atoms with van der Waals surface area (Å²) in [5, 5.41) is 3.40. The van der Waals surface area contributed by atoms with Crippen LogP contribution in [0.3, 0.4) is 0 Å². The third-order valence-electron chi connectivity index (χ3n) is 4.20. The van der Waals surface area contributed by atoms with E-state index in [1.807, 2.05) is 37.3 Å². The van der Waals surface area contributed by atoms with E-state index in [0.29, 0.717) is 11.6 Å². The van der Waals surface area contributed by atoms with Crippen LogP contribution < -0.4 is 10.2 Å². The summed E-state index contributed by atoms with van der Waals surface area (Å²) >= 11 is 1.40. The number of anilines is 1. The lowest BCUT2D eigenvalue weighted by Gasteiger charge is -2.16. The van der Waals surface area contributed by atoms with Crippen molar-refractivity contribution in [3.8, 4) is 0 Å². The molecule has 0 saturated carbocycles. The summed E-state index contributed by atoms with van der Waals surface area (Å²) in [5.41, 5.74) is 2.59. The molecule has 25 heavy (non-hydrogen) atoms. The number of benzene rings is 1. The van der Waals surface area contributed by atoms with Crippen LogP contribution in [0.2, 0.25) is 0 Å². The van der Waals surface area contributed by atoms with Crippen molar-refractivity contribution in [2.75, 3.05) is 18.0 Å². The summed E-state index contributed by atoms with van der Waals surface area (Å²) in [5.74, 6) is 0.599. The number of hydrogen-bond donors (Lipinski definition) is 1. The van der Waals surface area contributed by atoms with Crippen LogP contribution in [0.1, 0.15) is 34.0 Å². The van der Waals surface area contributed by atoms with E-state index < -0.39 is 0 Å². The Morgan fingerprint density at radius 1 is 1.20 bits per heavy atom. The molecule has 7 heteroatoms. The SMILES string of the molecule is Cc1cc(CNC(=O)c2nc3ccccc3s2)nc(N2CCCC2)n1. The maximum Gasteiger partial charge on any atom is 0.280 e. The third-order valence-corrected chi connectivity index (χ3v) is 5.24. The molecule has 0 aliphatic carbocycles. The van der Waals surface area contributed by atoms with Gasteiger partial charge in [0.1, 0.15) is 0 Å². The molecule has 1 aliphatic rings. The monoisotopic (exact) mass is 353 g/mol. The lowest BCUT2D eigenvalue weighted by Crippen LogP contribution is -2.25. The first-order valence-corrected chi connectivity index (χ1v) is 9.24. The molecule has 3 heterocycles. The standard InChI is InChI=1S/C18H19N5OS/c1-12-10-13(21-18(20-12)23-8-4-5-9-23)11-19-16(24)17-22-14-6-2-3-7-15(14)25-17/h2-3,6-7,10H,4-5,8-9,11H2,1H3,(H,19,24). The van der Waals surface area contributed by atoms with Crippen LogP contribution in [-0.4, -0.2) is 33.9 Å². The molecule has 1 aliphatic heterocycles. The Hall–Kier alpha value is -2.54. The molecular weight excluding hydrogens is 334 g/mol. The number of aromatic nitrogens is 3. The molecule has 0 radical (unpaired) electrons. The smallest absolute Gasteiger partial charge is 0.280 e. The van der Waals surface area contributed by atoms with Gasteiger partial charge in [0.05, 0.1) is 22.5 Å². The molecule has 0 bridgehead atoms. The number of amides is 1. The van der Waals surface area contributed by atoms with Crippen molar-refractivity contribution in [3.05, 3.63) is 46.7 Å². The van der Waals surface area contributed by atoms with Crippen molar-refractivity contribution in [2.24, 2.45) is 0 Å². The first kappa shape index (κ1) is 16.0. The second kappa shape index (κ2) is 6.76. The number of rotatable bonds is 4. The highest BCUT2D eigenvalue weighted by Crippen LogP contribution is 2.21. The Labute approximate surface area is 149 Å². The zero-order valence-electron chi connectivity index (χ0n) is 14.0. The van der Waals surface area contributed by atoms with E-state index in [1.165, 1.54) is 24.2 Å². The molecule has 6 nitrogen and oxygen atoms in total. The van der Waals surface area contributed by atoms with Gasteiger partial charge in [0.2, 0.25) is 5.95 Å². The van der Waals surface area contributed by atoms with Crippen LogP contribution in [0, 0.1) is 6.92 Å². The van der Waals surface area contributed by atoms with Gasteiger partial charge in [-0.2, -0.15) is 0 Å². The molecule has 0 atom stereocenters. The average Bonchev–Trinajstić information content (AvgIpc) is 3.28. The quantitative estimate of drug-likeness (QED) is 0.781. The summed E-state index contributed by atoms with van der Waals surface area (Å²) in [6.07, 6.45) is 2.36. The number of fused-ring (bicyclic) bond motifs is 1. The van der Waals surface area contributed by atoms with Gasteiger partial charge in [-0.05, 0) is 38.0 Å². The molecular formula is C18H19N5OS. The van der Waals surface area contributed by atoms with Crippen LogP contribution in [0.5, 0.6) is 0 Å². The van der Waals surface area contributed by atoms with Crippen molar-refractivity contribution in [3.63, 3.8) is 0 Å². The molecule has 1 saturated heterocycles. The minimum atomic E-state index is -0.166. The highest BCUT2D eigenvalue weighted by molar-refractivity contribution is 7.20. The third kappa shape index (κ3) is 3.46. The number of carbonyl (C=O) groups excluding carboxylic acids is 1. The summed E-state index contributed by atoms with van der Waals surface area (Å²) < 4.78 is 1.02. The van der Waals surface area contributed by atoms with Gasteiger partial charge < -0.3 is 10.2 Å². The Morgan fingerprint density at radius 3 is 2.80 bits per heavy atom. The average molecular weight is 353 g/mol. The van der Waals surface area contributed by atoms with E-state index >= 15 is 0 Å². The molecule has 4 rings (SSSR count). The van der Waals surface area contributed by atoms with E-state index in [1.54, 1.807) is 0 Å². The van der Waals surface area contributed by atoms with Gasteiger partial charge >= 0.3 is 0 Å². The first-order chi connectivity index (χ1) is 12.2. The molecule has 1 aromatic carbocycles. The minimum Gasteiger partial charge on any atom is -0.344 e. The van der Waals surface area contributed by atoms with Crippen LogP contribution >= 0.6 is 11.3 Å². The van der Waals surface area contributed by atoms with Gasteiger partial charge in [-0.15, -0.1) is 11.3 Å². The Bertz CT molecular complexity index is 884. The fourth-order valence-electron chi connectivity index (χ4n) is 2.98. The normalized spacial score (nSPS) is 14.2. The number of para-hydroxylation sites is 1. The van der Waals surface area contributed by atoms with Gasteiger partial charge in [0.25, 0.3) is 5.91 Å². The highest BCUT2D eigenvalue weighted by atomic mass is 32.1. The Morgan fingerprint density at radius 2 is 2.00 bits per heavy atom. The number of nitrogens with one attached hydrogen (secondary N) is 1. The number of aryl methyl sites for hydroxylation is 1. The summed E-state index contributed by atoms with van der Waals surface area (Å²) in [7, 11) is 0. The maximum atomic E-state index is 12.4. The predicted octanol–water partition coefficient (Wildman–Crippen LogP) is 2.92. The fourth-order valence-corrected chi connectivity index (χ4v) is 3.86. The minimum absolute atomic E-state index is 0.166. The van der Waals surface area contributed by atoms with Crippen LogP contribution in [-0.2, 0) is 6.54 Å². The zero-order chi connectivity index (χ0) is 17.2.